The molecule has 0 atom stereocenters. The zero-order valence-electron chi connectivity index (χ0n) is 14.9. The Morgan fingerprint density at radius 1 is 0.591 bits per heavy atom. The summed E-state index contributed by atoms with van der Waals surface area (Å²) in [5.74, 6) is 4.92. The first-order valence-electron chi connectivity index (χ1n) is 10.3. The van der Waals surface area contributed by atoms with Gasteiger partial charge in [0.15, 0.2) is 0 Å². The molecule has 0 bridgehead atoms. The molecule has 1 aliphatic heterocycles. The molecule has 0 aromatic carbocycles. The van der Waals surface area contributed by atoms with Crippen LogP contribution in [0.25, 0.3) is 0 Å². The molecule has 22 heavy (non-hydrogen) atoms. The zero-order valence-corrected chi connectivity index (χ0v) is 14.9. The highest BCUT2D eigenvalue weighted by Crippen LogP contribution is 2.42. The number of hydrogen-bond donors (Lipinski definition) is 2. The topological polar surface area (TPSA) is 24.1 Å². The second-order valence-corrected chi connectivity index (χ2v) is 8.43. The van der Waals surface area contributed by atoms with E-state index in [4.69, 9.17) is 0 Å². The molecular formula is C20H38N2. The van der Waals surface area contributed by atoms with E-state index in [2.05, 4.69) is 24.5 Å². The van der Waals surface area contributed by atoms with Crippen molar-refractivity contribution in [3.8, 4) is 0 Å². The fourth-order valence-electron chi connectivity index (χ4n) is 5.37. The second-order valence-electron chi connectivity index (χ2n) is 8.43. The Bertz CT molecular complexity index is 274. The van der Waals surface area contributed by atoms with Crippen LogP contribution >= 0.6 is 0 Å². The lowest BCUT2D eigenvalue weighted by Crippen LogP contribution is -2.56. The van der Waals surface area contributed by atoms with E-state index >= 15 is 0 Å². The van der Waals surface area contributed by atoms with E-state index in [1.165, 1.54) is 77.3 Å². The van der Waals surface area contributed by atoms with Gasteiger partial charge in [-0.1, -0.05) is 39.5 Å². The molecule has 2 heteroatoms. The molecule has 3 rings (SSSR count). The smallest absolute Gasteiger partial charge is 0.0600 e. The van der Waals surface area contributed by atoms with Crippen LogP contribution in [0, 0.1) is 29.6 Å². The van der Waals surface area contributed by atoms with Crippen molar-refractivity contribution >= 4 is 0 Å². The largest absolute Gasteiger partial charge is 0.301 e. The lowest BCUT2D eigenvalue weighted by Gasteiger charge is -2.42. The monoisotopic (exact) mass is 306 g/mol. The average Bonchev–Trinajstić information content (AvgIpc) is 2.62. The number of nitrogens with one attached hydrogen (secondary N) is 2. The third kappa shape index (κ3) is 4.06. The minimum absolute atomic E-state index is 0.611. The van der Waals surface area contributed by atoms with Gasteiger partial charge in [0.2, 0.25) is 0 Å². The predicted molar refractivity (Wildman–Crippen MR) is 94.8 cm³/mol. The van der Waals surface area contributed by atoms with Crippen LogP contribution in [0.1, 0.15) is 78.1 Å². The van der Waals surface area contributed by atoms with Gasteiger partial charge in [0.1, 0.15) is 0 Å². The Balaban J connectivity index is 1.39. The SMILES string of the molecule is CCC1CCC(C2CCC(C3NCC(CC)CN3)CC2)CC1. The van der Waals surface area contributed by atoms with Gasteiger partial charge in [0.25, 0.3) is 0 Å². The van der Waals surface area contributed by atoms with Crippen molar-refractivity contribution in [2.45, 2.75) is 84.2 Å². The summed E-state index contributed by atoms with van der Waals surface area (Å²) in [6.45, 7) is 7.15. The van der Waals surface area contributed by atoms with Crippen molar-refractivity contribution < 1.29 is 0 Å². The molecule has 1 saturated heterocycles. The molecule has 2 saturated carbocycles. The first-order chi connectivity index (χ1) is 10.8. The van der Waals surface area contributed by atoms with Crippen molar-refractivity contribution in [3.05, 3.63) is 0 Å². The van der Waals surface area contributed by atoms with Crippen LogP contribution in [-0.2, 0) is 0 Å². The van der Waals surface area contributed by atoms with Crippen LogP contribution in [-0.4, -0.2) is 19.3 Å². The van der Waals surface area contributed by atoms with E-state index in [1.54, 1.807) is 0 Å². The quantitative estimate of drug-likeness (QED) is 0.796. The van der Waals surface area contributed by atoms with Crippen LogP contribution in [0.5, 0.6) is 0 Å². The van der Waals surface area contributed by atoms with Crippen LogP contribution in [0.2, 0.25) is 0 Å². The van der Waals surface area contributed by atoms with Crippen molar-refractivity contribution in [1.82, 2.24) is 10.6 Å². The standard InChI is InChI=1S/C20H38N2/c1-3-15-5-7-17(8-6-15)18-9-11-19(12-10-18)20-21-13-16(4-2)14-22-20/h15-22H,3-14H2,1-2H3. The summed E-state index contributed by atoms with van der Waals surface area (Å²) in [5, 5.41) is 7.57. The maximum atomic E-state index is 3.79. The third-order valence-corrected chi connectivity index (χ3v) is 7.25. The molecule has 0 radical (unpaired) electrons. The Hall–Kier alpha value is -0.0800. The predicted octanol–water partition coefficient (Wildman–Crippen LogP) is 4.55. The Morgan fingerprint density at radius 3 is 1.55 bits per heavy atom. The summed E-state index contributed by atoms with van der Waals surface area (Å²) in [7, 11) is 0. The normalized spacial score (nSPS) is 43.9. The average molecular weight is 307 g/mol. The molecule has 1 heterocycles. The van der Waals surface area contributed by atoms with Crippen LogP contribution in [0.15, 0.2) is 0 Å². The first-order valence-corrected chi connectivity index (χ1v) is 10.3. The minimum atomic E-state index is 0.611. The zero-order chi connectivity index (χ0) is 15.4. The van der Waals surface area contributed by atoms with Crippen LogP contribution in [0.3, 0.4) is 0 Å². The van der Waals surface area contributed by atoms with Crippen LogP contribution < -0.4 is 10.6 Å². The van der Waals surface area contributed by atoms with Crippen molar-refractivity contribution in [3.63, 3.8) is 0 Å². The Labute approximate surface area is 138 Å². The van der Waals surface area contributed by atoms with Gasteiger partial charge in [-0.25, -0.2) is 0 Å². The van der Waals surface area contributed by atoms with Gasteiger partial charge in [-0.3, -0.25) is 0 Å². The van der Waals surface area contributed by atoms with Crippen molar-refractivity contribution in [1.29, 1.82) is 0 Å². The van der Waals surface area contributed by atoms with Gasteiger partial charge in [0, 0.05) is 13.1 Å². The van der Waals surface area contributed by atoms with E-state index in [-0.39, 0.29) is 0 Å². The molecule has 0 unspecified atom stereocenters. The molecule has 0 aromatic rings. The highest BCUT2D eigenvalue weighted by atomic mass is 15.2. The minimum Gasteiger partial charge on any atom is -0.301 e. The molecule has 0 amide bonds. The molecular weight excluding hydrogens is 268 g/mol. The van der Waals surface area contributed by atoms with Gasteiger partial charge in [0.05, 0.1) is 6.17 Å². The fraction of sp³-hybridized carbons (Fsp3) is 1.00. The van der Waals surface area contributed by atoms with Gasteiger partial charge in [-0.2, -0.15) is 0 Å². The molecule has 0 spiro atoms. The van der Waals surface area contributed by atoms with Gasteiger partial charge in [-0.15, -0.1) is 0 Å². The van der Waals surface area contributed by atoms with E-state index < -0.39 is 0 Å². The molecule has 2 nitrogen and oxygen atoms in total. The lowest BCUT2D eigenvalue weighted by molar-refractivity contribution is 0.114. The van der Waals surface area contributed by atoms with Gasteiger partial charge >= 0.3 is 0 Å². The van der Waals surface area contributed by atoms with Gasteiger partial charge < -0.3 is 10.6 Å². The highest BCUT2D eigenvalue weighted by molar-refractivity contribution is 4.87. The molecule has 2 N–H and O–H groups in total. The summed E-state index contributed by atoms with van der Waals surface area (Å²) in [6, 6.07) is 0. The Kier molecular flexibility index (Phi) is 6.21. The Morgan fingerprint density at radius 2 is 1.05 bits per heavy atom. The molecule has 128 valence electrons. The summed E-state index contributed by atoms with van der Waals surface area (Å²) in [4.78, 5) is 0. The van der Waals surface area contributed by atoms with Crippen LogP contribution in [0.4, 0.5) is 0 Å². The number of hydrogen-bond acceptors (Lipinski definition) is 2. The van der Waals surface area contributed by atoms with E-state index in [9.17, 15) is 0 Å². The molecule has 3 aliphatic rings. The number of rotatable bonds is 4. The lowest BCUT2D eigenvalue weighted by atomic mass is 9.68. The second kappa shape index (κ2) is 8.15. The van der Waals surface area contributed by atoms with E-state index in [0.717, 1.165) is 29.6 Å². The third-order valence-electron chi connectivity index (χ3n) is 7.25. The van der Waals surface area contributed by atoms with E-state index in [1.807, 2.05) is 0 Å². The highest BCUT2D eigenvalue weighted by Gasteiger charge is 2.34. The first kappa shape index (κ1) is 16.8. The molecule has 0 aromatic heterocycles. The van der Waals surface area contributed by atoms with Crippen molar-refractivity contribution in [2.24, 2.45) is 29.6 Å². The molecule has 3 fully saturated rings. The maximum Gasteiger partial charge on any atom is 0.0600 e. The summed E-state index contributed by atoms with van der Waals surface area (Å²) in [5.41, 5.74) is 0. The molecule has 2 aliphatic carbocycles. The van der Waals surface area contributed by atoms with Crippen molar-refractivity contribution in [2.75, 3.05) is 13.1 Å². The van der Waals surface area contributed by atoms with E-state index in [0.29, 0.717) is 6.17 Å². The summed E-state index contributed by atoms with van der Waals surface area (Å²) in [6.07, 6.45) is 15.4. The summed E-state index contributed by atoms with van der Waals surface area (Å²) >= 11 is 0. The maximum absolute atomic E-state index is 3.79. The summed E-state index contributed by atoms with van der Waals surface area (Å²) < 4.78 is 0. The van der Waals surface area contributed by atoms with Gasteiger partial charge in [-0.05, 0) is 68.1 Å². The fourth-order valence-corrected chi connectivity index (χ4v) is 5.37.